The van der Waals surface area contributed by atoms with Gasteiger partial charge in [-0.05, 0) is 23.6 Å². The van der Waals surface area contributed by atoms with Gasteiger partial charge in [-0.1, -0.05) is 14.4 Å². The second-order valence-corrected chi connectivity index (χ2v) is 9.13. The van der Waals surface area contributed by atoms with Crippen LogP contribution in [0.25, 0.3) is 0 Å². The van der Waals surface area contributed by atoms with Crippen LogP contribution in [0.3, 0.4) is 0 Å². The Hall–Kier alpha value is -1.70. The molecule has 158 valence electrons. The fourth-order valence-electron chi connectivity index (χ4n) is 2.95. The predicted octanol–water partition coefficient (Wildman–Crippen LogP) is 6.55. The molecule has 0 amide bonds. The van der Waals surface area contributed by atoms with Crippen LogP contribution < -0.4 is 18.9 Å². The first-order valence-corrected chi connectivity index (χ1v) is 12.3. The first-order valence-electron chi connectivity index (χ1n) is 9.47. The fraction of sp³-hybridized carbons (Fsp3) is 0.455. The number of ether oxygens (including phenoxy) is 4. The second-order valence-electron chi connectivity index (χ2n) is 6.90. The van der Waals surface area contributed by atoms with Gasteiger partial charge in [0.2, 0.25) is 0 Å². The minimum Gasteiger partial charge on any atom is -0.492 e. The van der Waals surface area contributed by atoms with E-state index >= 15 is 0 Å². The third-order valence-corrected chi connectivity index (χ3v) is 6.76. The summed E-state index contributed by atoms with van der Waals surface area (Å²) in [5, 5.41) is 12.4. The summed E-state index contributed by atoms with van der Waals surface area (Å²) in [7, 11) is 0. The maximum Gasteiger partial charge on any atom is 0.171 e. The van der Waals surface area contributed by atoms with Crippen LogP contribution >= 0.6 is 34.0 Å². The van der Waals surface area contributed by atoms with E-state index in [0.29, 0.717) is 5.92 Å². The molecule has 7 heteroatoms. The van der Waals surface area contributed by atoms with E-state index in [2.05, 4.69) is 28.4 Å². The van der Waals surface area contributed by atoms with Crippen LogP contribution in [0.2, 0.25) is 0 Å². The highest BCUT2D eigenvalue weighted by Gasteiger charge is 2.14. The molecule has 3 aromatic heterocycles. The molecule has 0 N–H and O–H groups in total. The van der Waals surface area contributed by atoms with Crippen LogP contribution in [0.5, 0.6) is 23.0 Å². The van der Waals surface area contributed by atoms with Crippen molar-refractivity contribution in [2.24, 2.45) is 5.92 Å². The van der Waals surface area contributed by atoms with Crippen molar-refractivity contribution in [3.63, 3.8) is 0 Å². The van der Waals surface area contributed by atoms with Crippen LogP contribution in [0.1, 0.15) is 31.9 Å². The number of fused-ring (bicyclic) bond motifs is 3. The first kappa shape index (κ1) is 22.0. The molecule has 0 bridgehead atoms. The lowest BCUT2D eigenvalue weighted by Crippen LogP contribution is -2.12. The molecule has 6 rings (SSSR count). The van der Waals surface area contributed by atoms with Gasteiger partial charge in [0.25, 0.3) is 0 Å². The molecule has 29 heavy (non-hydrogen) atoms. The normalized spacial score (nSPS) is 16.2. The van der Waals surface area contributed by atoms with E-state index in [1.165, 1.54) is 24.0 Å². The molecular formula is C22H28O4S3. The highest BCUT2D eigenvalue weighted by Crippen LogP contribution is 2.34. The molecule has 3 aliphatic rings. The first-order chi connectivity index (χ1) is 13.8. The molecule has 0 radical (unpaired) electrons. The van der Waals surface area contributed by atoms with E-state index in [1.54, 1.807) is 34.0 Å². The fourth-order valence-corrected chi connectivity index (χ4v) is 5.26. The zero-order valence-electron chi connectivity index (χ0n) is 15.8. The van der Waals surface area contributed by atoms with Crippen molar-refractivity contribution >= 4 is 34.0 Å². The minimum absolute atomic E-state index is 0. The van der Waals surface area contributed by atoms with Crippen molar-refractivity contribution in [1.29, 1.82) is 0 Å². The highest BCUT2D eigenvalue weighted by molar-refractivity contribution is 7.08. The van der Waals surface area contributed by atoms with E-state index in [9.17, 15) is 0 Å². The zero-order chi connectivity index (χ0) is 19.2. The number of aryl methyl sites for hydroxylation is 1. The standard InChI is InChI=1S/C8H10O2S.C7H8OS.C6H6OS.CH4/c1-6-2-9-7-4-11-5-8(7)10-3-6;1-2-6-4-9-5-7(6)8-3-1;1-2-7-6-4-8-3-5(1)6;/h4-6H,2-3H2,1H3;4-5H,1-3H2;3-4H,1-2H2;1H4. The third-order valence-electron chi connectivity index (χ3n) is 4.52. The van der Waals surface area contributed by atoms with Crippen LogP contribution in [-0.2, 0) is 12.8 Å². The van der Waals surface area contributed by atoms with E-state index in [-0.39, 0.29) is 7.43 Å². The zero-order valence-corrected chi connectivity index (χ0v) is 18.3. The van der Waals surface area contributed by atoms with Crippen molar-refractivity contribution in [3.05, 3.63) is 43.4 Å². The summed E-state index contributed by atoms with van der Waals surface area (Å²) in [6.07, 6.45) is 3.50. The van der Waals surface area contributed by atoms with Crippen LogP contribution in [-0.4, -0.2) is 26.4 Å². The van der Waals surface area contributed by atoms with Crippen molar-refractivity contribution in [1.82, 2.24) is 0 Å². The maximum atomic E-state index is 5.49. The van der Waals surface area contributed by atoms with Crippen LogP contribution in [0.15, 0.2) is 32.3 Å². The summed E-state index contributed by atoms with van der Waals surface area (Å²) in [5.74, 6) is 4.52. The molecule has 0 unspecified atom stereocenters. The van der Waals surface area contributed by atoms with Crippen molar-refractivity contribution in [3.8, 4) is 23.0 Å². The van der Waals surface area contributed by atoms with Gasteiger partial charge < -0.3 is 18.9 Å². The molecule has 0 saturated carbocycles. The second kappa shape index (κ2) is 10.9. The van der Waals surface area contributed by atoms with Gasteiger partial charge in [-0.25, -0.2) is 0 Å². The number of hydrogen-bond donors (Lipinski definition) is 0. The smallest absolute Gasteiger partial charge is 0.171 e. The Balaban J connectivity index is 0.000000124. The number of rotatable bonds is 0. The highest BCUT2D eigenvalue weighted by atomic mass is 32.1. The molecule has 0 spiro atoms. The molecule has 3 aromatic rings. The lowest BCUT2D eigenvalue weighted by Gasteiger charge is -2.11. The summed E-state index contributed by atoms with van der Waals surface area (Å²) in [5.41, 5.74) is 2.78. The summed E-state index contributed by atoms with van der Waals surface area (Å²) < 4.78 is 21.6. The van der Waals surface area contributed by atoms with Crippen molar-refractivity contribution in [2.45, 2.75) is 33.6 Å². The van der Waals surface area contributed by atoms with Gasteiger partial charge >= 0.3 is 0 Å². The van der Waals surface area contributed by atoms with Gasteiger partial charge in [-0.3, -0.25) is 0 Å². The summed E-state index contributed by atoms with van der Waals surface area (Å²) in [4.78, 5) is 0. The van der Waals surface area contributed by atoms with Crippen molar-refractivity contribution < 1.29 is 18.9 Å². The predicted molar refractivity (Wildman–Crippen MR) is 123 cm³/mol. The largest absolute Gasteiger partial charge is 0.492 e. The Morgan fingerprint density at radius 2 is 1.17 bits per heavy atom. The number of hydrogen-bond acceptors (Lipinski definition) is 7. The molecular weight excluding hydrogens is 424 g/mol. The van der Waals surface area contributed by atoms with E-state index in [0.717, 1.165) is 55.8 Å². The molecule has 0 aromatic carbocycles. The van der Waals surface area contributed by atoms with Gasteiger partial charge in [-0.2, -0.15) is 0 Å². The molecule has 0 saturated heterocycles. The van der Waals surface area contributed by atoms with Gasteiger partial charge in [0.05, 0.1) is 26.4 Å². The monoisotopic (exact) mass is 452 g/mol. The Morgan fingerprint density at radius 1 is 0.655 bits per heavy atom. The van der Waals surface area contributed by atoms with E-state index < -0.39 is 0 Å². The van der Waals surface area contributed by atoms with Crippen LogP contribution in [0.4, 0.5) is 0 Å². The molecule has 6 heterocycles. The Labute approximate surface area is 185 Å². The Morgan fingerprint density at radius 3 is 1.79 bits per heavy atom. The minimum atomic E-state index is 0. The average Bonchev–Trinajstić information content (AvgIpc) is 3.49. The van der Waals surface area contributed by atoms with Gasteiger partial charge in [-0.15, -0.1) is 34.0 Å². The van der Waals surface area contributed by atoms with E-state index in [4.69, 9.17) is 18.9 Å². The Kier molecular flexibility index (Phi) is 8.27. The molecule has 0 aliphatic carbocycles. The third kappa shape index (κ3) is 5.90. The maximum absolute atomic E-state index is 5.49. The SMILES string of the molecule is C.CC1COc2cscc2OC1.c1scc2c1CCCO2.c1scc2c1CCO2. The summed E-state index contributed by atoms with van der Waals surface area (Å²) in [6.45, 7) is 5.45. The quantitative estimate of drug-likeness (QED) is 0.388. The molecule has 3 aliphatic heterocycles. The van der Waals surface area contributed by atoms with Crippen LogP contribution in [0, 0.1) is 5.92 Å². The molecule has 4 nitrogen and oxygen atoms in total. The molecule has 0 fully saturated rings. The van der Waals surface area contributed by atoms with E-state index in [1.807, 2.05) is 10.8 Å². The summed E-state index contributed by atoms with van der Waals surface area (Å²) >= 11 is 5.06. The van der Waals surface area contributed by atoms with Gasteiger partial charge in [0.1, 0.15) is 11.5 Å². The number of thiophene rings is 3. The topological polar surface area (TPSA) is 36.9 Å². The molecule has 0 atom stereocenters. The summed E-state index contributed by atoms with van der Waals surface area (Å²) in [6, 6.07) is 0. The van der Waals surface area contributed by atoms with Gasteiger partial charge in [0.15, 0.2) is 11.5 Å². The lowest BCUT2D eigenvalue weighted by molar-refractivity contribution is 0.228. The van der Waals surface area contributed by atoms with Crippen molar-refractivity contribution in [2.75, 3.05) is 26.4 Å². The average molecular weight is 453 g/mol. The van der Waals surface area contributed by atoms with Gasteiger partial charge in [0, 0.05) is 45.0 Å². The lowest BCUT2D eigenvalue weighted by atomic mass is 10.1. The Bertz CT molecular complexity index is 805.